The van der Waals surface area contributed by atoms with Gasteiger partial charge < -0.3 is 30.5 Å². The van der Waals surface area contributed by atoms with E-state index in [1.165, 1.54) is 6.07 Å². The largest absolute Gasteiger partial charge is 0.508 e. The monoisotopic (exact) mass is 418 g/mol. The number of hydrogen-bond donors (Lipinski definition) is 5. The molecule has 1 atom stereocenters. The molecule has 7 nitrogen and oxygen atoms in total. The van der Waals surface area contributed by atoms with Crippen molar-refractivity contribution in [2.45, 2.75) is 51.2 Å². The van der Waals surface area contributed by atoms with Gasteiger partial charge in [-0.15, -0.1) is 0 Å². The van der Waals surface area contributed by atoms with E-state index in [4.69, 9.17) is 4.74 Å². The quantitative estimate of drug-likeness (QED) is 0.283. The highest BCUT2D eigenvalue weighted by Crippen LogP contribution is 2.22. The van der Waals surface area contributed by atoms with Crippen molar-refractivity contribution >= 4 is 0 Å². The second kappa shape index (κ2) is 13.9. The van der Waals surface area contributed by atoms with Crippen molar-refractivity contribution in [2.75, 3.05) is 26.3 Å². The number of nitrogens with one attached hydrogen (secondary N) is 1. The molecular weight excluding hydrogens is 384 g/mol. The third kappa shape index (κ3) is 8.67. The second-order valence-electron chi connectivity index (χ2n) is 7.37. The summed E-state index contributed by atoms with van der Waals surface area (Å²) in [6, 6.07) is 8.16. The number of aliphatic hydroxyl groups is 2. The molecule has 1 heterocycles. The Balaban J connectivity index is 1.42. The van der Waals surface area contributed by atoms with Crippen molar-refractivity contribution < 1.29 is 25.2 Å². The fourth-order valence-corrected chi connectivity index (χ4v) is 3.17. The van der Waals surface area contributed by atoms with Crippen LogP contribution in [-0.2, 0) is 17.8 Å². The van der Waals surface area contributed by atoms with Crippen LogP contribution < -0.4 is 5.32 Å². The summed E-state index contributed by atoms with van der Waals surface area (Å²) >= 11 is 0. The Bertz CT molecular complexity index is 741. The standard InChI is InChI=1S/C23H34N2O5/c26-17-19-15-18(9-10-21(19)27)23(29)16-24-11-3-1-2-4-13-30-14-6-7-20-22(28)8-5-12-25-20/h5,8-10,12,15,23-24,26-29H,1-4,6-7,11,13-14,16-17H2. The van der Waals surface area contributed by atoms with Gasteiger partial charge in [-0.1, -0.05) is 18.9 Å². The third-order valence-corrected chi connectivity index (χ3v) is 4.96. The number of benzene rings is 1. The van der Waals surface area contributed by atoms with Crippen LogP contribution in [-0.4, -0.2) is 51.7 Å². The zero-order valence-corrected chi connectivity index (χ0v) is 17.5. The minimum atomic E-state index is -0.669. The van der Waals surface area contributed by atoms with E-state index in [1.807, 2.05) is 0 Å². The average molecular weight is 419 g/mol. The molecule has 1 aromatic heterocycles. The van der Waals surface area contributed by atoms with Crippen LogP contribution >= 0.6 is 0 Å². The van der Waals surface area contributed by atoms with Gasteiger partial charge in [0.15, 0.2) is 0 Å². The van der Waals surface area contributed by atoms with Crippen LogP contribution in [0.25, 0.3) is 0 Å². The summed E-state index contributed by atoms with van der Waals surface area (Å²) in [4.78, 5) is 4.15. The van der Waals surface area contributed by atoms with Crippen molar-refractivity contribution in [3.8, 4) is 11.5 Å². The van der Waals surface area contributed by atoms with Crippen LogP contribution in [0.2, 0.25) is 0 Å². The van der Waals surface area contributed by atoms with Gasteiger partial charge >= 0.3 is 0 Å². The maximum absolute atomic E-state index is 10.2. The number of aliphatic hydroxyl groups excluding tert-OH is 2. The molecular formula is C23H34N2O5. The molecule has 0 aliphatic carbocycles. The van der Waals surface area contributed by atoms with Crippen LogP contribution in [0.4, 0.5) is 0 Å². The van der Waals surface area contributed by atoms with E-state index >= 15 is 0 Å². The van der Waals surface area contributed by atoms with Gasteiger partial charge in [-0.3, -0.25) is 4.98 Å². The maximum atomic E-state index is 10.2. The topological polar surface area (TPSA) is 115 Å². The first-order valence-electron chi connectivity index (χ1n) is 10.6. The summed E-state index contributed by atoms with van der Waals surface area (Å²) in [6.07, 6.45) is 6.83. The molecule has 2 aromatic rings. The lowest BCUT2D eigenvalue weighted by molar-refractivity contribution is 0.127. The van der Waals surface area contributed by atoms with Gasteiger partial charge in [-0.2, -0.15) is 0 Å². The van der Waals surface area contributed by atoms with Crippen LogP contribution in [0, 0.1) is 0 Å². The molecule has 0 aliphatic heterocycles. The summed E-state index contributed by atoms with van der Waals surface area (Å²) in [5, 5.41) is 41.9. The van der Waals surface area contributed by atoms with E-state index < -0.39 is 6.10 Å². The molecule has 0 fully saturated rings. The summed E-state index contributed by atoms with van der Waals surface area (Å²) in [5.41, 5.74) is 1.82. The highest BCUT2D eigenvalue weighted by Gasteiger charge is 2.09. The molecule has 0 saturated heterocycles. The van der Waals surface area contributed by atoms with Crippen LogP contribution in [0.3, 0.4) is 0 Å². The van der Waals surface area contributed by atoms with E-state index in [1.54, 1.807) is 30.5 Å². The minimum Gasteiger partial charge on any atom is -0.508 e. The number of ether oxygens (including phenoxy) is 1. The number of aromatic nitrogens is 1. The Morgan fingerprint density at radius 2 is 1.77 bits per heavy atom. The number of unbranched alkanes of at least 4 members (excludes halogenated alkanes) is 3. The molecule has 1 aromatic carbocycles. The van der Waals surface area contributed by atoms with E-state index in [9.17, 15) is 20.4 Å². The van der Waals surface area contributed by atoms with Gasteiger partial charge in [0.25, 0.3) is 0 Å². The van der Waals surface area contributed by atoms with Gasteiger partial charge in [0, 0.05) is 31.5 Å². The van der Waals surface area contributed by atoms with E-state index in [0.29, 0.717) is 24.3 Å². The number of aryl methyl sites for hydroxylation is 1. The SMILES string of the molecule is OCc1cc(C(O)CNCCCCCCOCCCc2ncccc2O)ccc1O. The van der Waals surface area contributed by atoms with Gasteiger partial charge in [-0.05, 0) is 62.1 Å². The number of pyridine rings is 1. The molecule has 1 unspecified atom stereocenters. The molecule has 0 bridgehead atoms. The van der Waals surface area contributed by atoms with Crippen LogP contribution in [0.5, 0.6) is 11.5 Å². The first-order chi connectivity index (χ1) is 14.6. The lowest BCUT2D eigenvalue weighted by atomic mass is 10.1. The van der Waals surface area contributed by atoms with Gasteiger partial charge in [-0.25, -0.2) is 0 Å². The third-order valence-electron chi connectivity index (χ3n) is 4.96. The van der Waals surface area contributed by atoms with Crippen LogP contribution in [0.1, 0.15) is 55.0 Å². The lowest BCUT2D eigenvalue weighted by Gasteiger charge is -2.14. The highest BCUT2D eigenvalue weighted by atomic mass is 16.5. The Morgan fingerprint density at radius 3 is 2.57 bits per heavy atom. The predicted molar refractivity (Wildman–Crippen MR) is 115 cm³/mol. The smallest absolute Gasteiger partial charge is 0.137 e. The Morgan fingerprint density at radius 1 is 0.967 bits per heavy atom. The maximum Gasteiger partial charge on any atom is 0.137 e. The molecule has 0 saturated carbocycles. The lowest BCUT2D eigenvalue weighted by Crippen LogP contribution is -2.22. The molecule has 0 aliphatic rings. The molecule has 7 heteroatoms. The number of aromatic hydroxyl groups is 2. The van der Waals surface area contributed by atoms with Crippen LogP contribution in [0.15, 0.2) is 36.5 Å². The number of hydrogen-bond acceptors (Lipinski definition) is 7. The summed E-state index contributed by atoms with van der Waals surface area (Å²) < 4.78 is 5.64. The van der Waals surface area contributed by atoms with E-state index in [-0.39, 0.29) is 18.1 Å². The number of nitrogens with zero attached hydrogens (tertiary/aromatic N) is 1. The van der Waals surface area contributed by atoms with Crippen molar-refractivity contribution in [3.63, 3.8) is 0 Å². The average Bonchev–Trinajstić information content (AvgIpc) is 2.75. The normalized spacial score (nSPS) is 12.2. The molecule has 166 valence electrons. The summed E-state index contributed by atoms with van der Waals surface area (Å²) in [6.45, 7) is 2.43. The fourth-order valence-electron chi connectivity index (χ4n) is 3.17. The zero-order valence-electron chi connectivity index (χ0n) is 17.5. The molecule has 2 rings (SSSR count). The van der Waals surface area contributed by atoms with E-state index in [2.05, 4.69) is 10.3 Å². The molecule has 0 radical (unpaired) electrons. The molecule has 5 N–H and O–H groups in total. The number of phenols is 1. The molecule has 0 spiro atoms. The highest BCUT2D eigenvalue weighted by molar-refractivity contribution is 5.36. The summed E-state index contributed by atoms with van der Waals surface area (Å²) in [5.74, 6) is 0.287. The Labute approximate surface area is 178 Å². The Hall–Kier alpha value is -2.19. The molecule has 30 heavy (non-hydrogen) atoms. The first-order valence-corrected chi connectivity index (χ1v) is 10.6. The fraction of sp³-hybridized carbons (Fsp3) is 0.522. The molecule has 0 amide bonds. The first kappa shape index (κ1) is 24.1. The van der Waals surface area contributed by atoms with Gasteiger partial charge in [0.2, 0.25) is 0 Å². The van der Waals surface area contributed by atoms with Gasteiger partial charge in [0.05, 0.1) is 18.4 Å². The van der Waals surface area contributed by atoms with Crippen molar-refractivity contribution in [2.24, 2.45) is 0 Å². The van der Waals surface area contributed by atoms with E-state index in [0.717, 1.165) is 57.4 Å². The second-order valence-corrected chi connectivity index (χ2v) is 7.37. The summed E-state index contributed by atoms with van der Waals surface area (Å²) in [7, 11) is 0. The van der Waals surface area contributed by atoms with Crippen molar-refractivity contribution in [1.82, 2.24) is 10.3 Å². The predicted octanol–water partition coefficient (Wildman–Crippen LogP) is 2.82. The van der Waals surface area contributed by atoms with Crippen molar-refractivity contribution in [1.29, 1.82) is 0 Å². The number of rotatable bonds is 15. The minimum absolute atomic E-state index is 0.0397. The zero-order chi connectivity index (χ0) is 21.6. The van der Waals surface area contributed by atoms with Crippen molar-refractivity contribution in [3.05, 3.63) is 53.3 Å². The Kier molecular flexibility index (Phi) is 11.2. The van der Waals surface area contributed by atoms with Gasteiger partial charge in [0.1, 0.15) is 11.5 Å².